The van der Waals surface area contributed by atoms with Gasteiger partial charge in [0.15, 0.2) is 0 Å². The number of hydrogen-bond donors (Lipinski definition) is 1. The molecule has 5 nitrogen and oxygen atoms in total. The molecule has 1 fully saturated rings. The molecule has 0 aliphatic heterocycles. The van der Waals surface area contributed by atoms with Gasteiger partial charge in [-0.3, -0.25) is 0 Å². The van der Waals surface area contributed by atoms with E-state index in [2.05, 4.69) is 5.32 Å². The molecule has 1 aromatic heterocycles. The van der Waals surface area contributed by atoms with Gasteiger partial charge in [-0.05, 0) is 31.9 Å². The van der Waals surface area contributed by atoms with Crippen LogP contribution in [0.1, 0.15) is 31.9 Å². The molecule has 0 atom stereocenters. The van der Waals surface area contributed by atoms with Gasteiger partial charge in [-0.25, -0.2) is 8.42 Å². The number of nitrogens with one attached hydrogen (secondary N) is 1. The van der Waals surface area contributed by atoms with E-state index >= 15 is 0 Å². The number of rotatable bonds is 7. The normalized spacial score (nSPS) is 16.6. The van der Waals surface area contributed by atoms with Crippen molar-refractivity contribution >= 4 is 10.0 Å². The molecule has 1 aliphatic rings. The first-order valence-corrected chi connectivity index (χ1v) is 8.73. The molecular formula is C14H25N3O2S. The van der Waals surface area contributed by atoms with Crippen molar-refractivity contribution in [2.24, 2.45) is 13.0 Å². The van der Waals surface area contributed by atoms with Crippen LogP contribution in [0.15, 0.2) is 17.2 Å². The summed E-state index contributed by atoms with van der Waals surface area (Å²) in [5.74, 6) is 0.546. The third-order valence-corrected chi connectivity index (χ3v) is 6.02. The van der Waals surface area contributed by atoms with Crippen LogP contribution in [0.3, 0.4) is 0 Å². The van der Waals surface area contributed by atoms with Crippen LogP contribution in [0.5, 0.6) is 0 Å². The summed E-state index contributed by atoms with van der Waals surface area (Å²) in [5, 5.41) is 3.05. The molecule has 0 bridgehead atoms. The molecule has 114 valence electrons. The molecule has 1 aliphatic carbocycles. The summed E-state index contributed by atoms with van der Waals surface area (Å²) in [4.78, 5) is 0.409. The summed E-state index contributed by atoms with van der Waals surface area (Å²) < 4.78 is 28.9. The summed E-state index contributed by atoms with van der Waals surface area (Å²) in [6.45, 7) is 3.78. The monoisotopic (exact) mass is 299 g/mol. The number of hydrogen-bond acceptors (Lipinski definition) is 3. The fourth-order valence-corrected chi connectivity index (χ4v) is 4.21. The van der Waals surface area contributed by atoms with E-state index in [1.807, 2.05) is 25.6 Å². The highest BCUT2D eigenvalue weighted by molar-refractivity contribution is 7.89. The summed E-state index contributed by atoms with van der Waals surface area (Å²) in [6, 6.07) is 1.77. The van der Waals surface area contributed by atoms with Crippen molar-refractivity contribution in [3.63, 3.8) is 0 Å². The maximum absolute atomic E-state index is 12.7. The molecule has 0 unspecified atom stereocenters. The van der Waals surface area contributed by atoms with Crippen molar-refractivity contribution in [3.8, 4) is 0 Å². The van der Waals surface area contributed by atoms with Gasteiger partial charge >= 0.3 is 0 Å². The molecule has 0 spiro atoms. The SMILES string of the molecule is CCN(CC1CCC1)S(=O)(=O)c1cc(CNC)n(C)c1. The van der Waals surface area contributed by atoms with E-state index in [4.69, 9.17) is 0 Å². The summed E-state index contributed by atoms with van der Waals surface area (Å²) >= 11 is 0. The Hall–Kier alpha value is -0.850. The van der Waals surface area contributed by atoms with E-state index in [9.17, 15) is 8.42 Å². The van der Waals surface area contributed by atoms with E-state index in [1.165, 1.54) is 6.42 Å². The largest absolute Gasteiger partial charge is 0.352 e. The van der Waals surface area contributed by atoms with Gasteiger partial charge in [0.2, 0.25) is 10.0 Å². The lowest BCUT2D eigenvalue weighted by atomic mass is 9.85. The predicted molar refractivity (Wildman–Crippen MR) is 80.0 cm³/mol. The molecule has 0 saturated heterocycles. The average Bonchev–Trinajstić information content (AvgIpc) is 2.71. The fourth-order valence-electron chi connectivity index (χ4n) is 2.58. The lowest BCUT2D eigenvalue weighted by molar-refractivity contribution is 0.250. The van der Waals surface area contributed by atoms with E-state index in [0.717, 1.165) is 18.5 Å². The summed E-state index contributed by atoms with van der Waals surface area (Å²) in [6.07, 6.45) is 5.27. The number of nitrogens with zero attached hydrogens (tertiary/aromatic N) is 2. The van der Waals surface area contributed by atoms with E-state index < -0.39 is 10.0 Å². The Kier molecular flexibility index (Phi) is 4.88. The number of sulfonamides is 1. The van der Waals surface area contributed by atoms with Crippen LogP contribution in [0, 0.1) is 5.92 Å². The van der Waals surface area contributed by atoms with Gasteiger partial charge in [0.25, 0.3) is 0 Å². The van der Waals surface area contributed by atoms with Crippen molar-refractivity contribution in [2.45, 2.75) is 37.6 Å². The molecule has 20 heavy (non-hydrogen) atoms. The first-order chi connectivity index (χ1) is 9.48. The van der Waals surface area contributed by atoms with Crippen molar-refractivity contribution in [1.29, 1.82) is 0 Å². The van der Waals surface area contributed by atoms with Gasteiger partial charge in [-0.1, -0.05) is 13.3 Å². The van der Waals surface area contributed by atoms with Gasteiger partial charge in [-0.15, -0.1) is 0 Å². The maximum atomic E-state index is 12.7. The zero-order valence-corrected chi connectivity index (χ0v) is 13.4. The Morgan fingerprint density at radius 2 is 2.15 bits per heavy atom. The Bertz CT molecular complexity index is 547. The van der Waals surface area contributed by atoms with E-state index in [0.29, 0.717) is 30.4 Å². The van der Waals surface area contributed by atoms with Crippen molar-refractivity contribution in [1.82, 2.24) is 14.2 Å². The molecule has 1 N–H and O–H groups in total. The minimum Gasteiger partial charge on any atom is -0.352 e. The second-order valence-corrected chi connectivity index (χ2v) is 7.50. The molecule has 0 amide bonds. The lowest BCUT2D eigenvalue weighted by Gasteiger charge is -2.30. The average molecular weight is 299 g/mol. The van der Waals surface area contributed by atoms with Crippen molar-refractivity contribution < 1.29 is 8.42 Å². The van der Waals surface area contributed by atoms with Crippen LogP contribution in [-0.2, 0) is 23.6 Å². The van der Waals surface area contributed by atoms with Gasteiger partial charge in [0, 0.05) is 38.6 Å². The molecule has 2 rings (SSSR count). The molecule has 1 saturated carbocycles. The number of aromatic nitrogens is 1. The smallest absolute Gasteiger partial charge is 0.244 e. The molecule has 0 aromatic carbocycles. The second-order valence-electron chi connectivity index (χ2n) is 5.56. The quantitative estimate of drug-likeness (QED) is 0.831. The number of aryl methyl sites for hydroxylation is 1. The highest BCUT2D eigenvalue weighted by atomic mass is 32.2. The van der Waals surface area contributed by atoms with Gasteiger partial charge in [-0.2, -0.15) is 4.31 Å². The van der Waals surface area contributed by atoms with Crippen LogP contribution in [0.4, 0.5) is 0 Å². The van der Waals surface area contributed by atoms with Gasteiger partial charge < -0.3 is 9.88 Å². The van der Waals surface area contributed by atoms with Crippen molar-refractivity contribution in [2.75, 3.05) is 20.1 Å². The van der Waals surface area contributed by atoms with Crippen LogP contribution < -0.4 is 5.32 Å². The molecule has 0 radical (unpaired) electrons. The Morgan fingerprint density at radius 1 is 1.45 bits per heavy atom. The Balaban J connectivity index is 2.20. The predicted octanol–water partition coefficient (Wildman–Crippen LogP) is 1.56. The highest BCUT2D eigenvalue weighted by Gasteiger charge is 2.29. The topological polar surface area (TPSA) is 54.3 Å². The third-order valence-electron chi connectivity index (χ3n) is 4.12. The van der Waals surface area contributed by atoms with E-state index in [1.54, 1.807) is 16.6 Å². The van der Waals surface area contributed by atoms with E-state index in [-0.39, 0.29) is 0 Å². The minimum absolute atomic E-state index is 0.409. The second kappa shape index (κ2) is 6.28. The van der Waals surface area contributed by atoms with Crippen LogP contribution >= 0.6 is 0 Å². The third kappa shape index (κ3) is 3.07. The molecular weight excluding hydrogens is 274 g/mol. The lowest BCUT2D eigenvalue weighted by Crippen LogP contribution is -2.37. The Labute approximate surface area is 122 Å². The van der Waals surface area contributed by atoms with Crippen LogP contribution in [0.25, 0.3) is 0 Å². The van der Waals surface area contributed by atoms with Crippen LogP contribution in [0.2, 0.25) is 0 Å². The zero-order chi connectivity index (χ0) is 14.8. The molecule has 1 aromatic rings. The highest BCUT2D eigenvalue weighted by Crippen LogP contribution is 2.29. The van der Waals surface area contributed by atoms with Gasteiger partial charge in [0.1, 0.15) is 4.90 Å². The first kappa shape index (κ1) is 15.5. The Morgan fingerprint density at radius 3 is 2.65 bits per heavy atom. The first-order valence-electron chi connectivity index (χ1n) is 7.29. The fraction of sp³-hybridized carbons (Fsp3) is 0.714. The van der Waals surface area contributed by atoms with Crippen molar-refractivity contribution in [3.05, 3.63) is 18.0 Å². The summed E-state index contributed by atoms with van der Waals surface area (Å²) in [7, 11) is 0.382. The maximum Gasteiger partial charge on any atom is 0.244 e. The van der Waals surface area contributed by atoms with Gasteiger partial charge in [0.05, 0.1) is 0 Å². The summed E-state index contributed by atoms with van der Waals surface area (Å²) in [5.41, 5.74) is 0.978. The molecule has 1 heterocycles. The standard InChI is InChI=1S/C14H25N3O2S/c1-4-17(10-12-6-5-7-12)20(18,19)14-8-13(9-15-2)16(3)11-14/h8,11-12,15H,4-7,9-10H2,1-3H3. The zero-order valence-electron chi connectivity index (χ0n) is 12.6. The molecule has 6 heteroatoms. The van der Waals surface area contributed by atoms with Crippen LogP contribution in [-0.4, -0.2) is 37.4 Å². The minimum atomic E-state index is -3.36.